The van der Waals surface area contributed by atoms with Crippen LogP contribution < -0.4 is 5.32 Å². The highest BCUT2D eigenvalue weighted by molar-refractivity contribution is 5.88. The van der Waals surface area contributed by atoms with Gasteiger partial charge in [-0.2, -0.15) is 0 Å². The molecule has 2 rings (SSSR count). The lowest BCUT2D eigenvalue weighted by Gasteiger charge is -2.30. The molecule has 0 aliphatic carbocycles. The van der Waals surface area contributed by atoms with Crippen molar-refractivity contribution in [2.75, 3.05) is 0 Å². The summed E-state index contributed by atoms with van der Waals surface area (Å²) >= 11 is 0. The van der Waals surface area contributed by atoms with Crippen LogP contribution in [0.25, 0.3) is 0 Å². The number of hydrogen-bond acceptors (Lipinski definition) is 2. The standard InChI is InChI=1S/C22H26F2N2O2/c1-4-15(2)25-22(28)16(3)26(14-17-9-11-19(23)12-10-17)21(27)13-18-7-5-6-8-20(18)24/h5-12,15-16H,4,13-14H2,1-3H3,(H,25,28)/t15-,16-/m1/s1. The topological polar surface area (TPSA) is 49.4 Å². The molecule has 0 bridgehead atoms. The summed E-state index contributed by atoms with van der Waals surface area (Å²) in [7, 11) is 0. The Morgan fingerprint density at radius 1 is 1.04 bits per heavy atom. The smallest absolute Gasteiger partial charge is 0.242 e. The van der Waals surface area contributed by atoms with Crippen molar-refractivity contribution in [2.24, 2.45) is 0 Å². The number of nitrogens with one attached hydrogen (secondary N) is 1. The van der Waals surface area contributed by atoms with E-state index in [-0.39, 0.29) is 42.2 Å². The van der Waals surface area contributed by atoms with E-state index in [9.17, 15) is 18.4 Å². The normalized spacial score (nSPS) is 12.9. The van der Waals surface area contributed by atoms with Gasteiger partial charge in [0.15, 0.2) is 0 Å². The third kappa shape index (κ3) is 5.87. The molecule has 0 fully saturated rings. The Morgan fingerprint density at radius 3 is 2.29 bits per heavy atom. The molecule has 0 radical (unpaired) electrons. The fourth-order valence-electron chi connectivity index (χ4n) is 2.74. The number of hydrogen-bond donors (Lipinski definition) is 1. The zero-order chi connectivity index (χ0) is 20.7. The summed E-state index contributed by atoms with van der Waals surface area (Å²) in [6.07, 6.45) is 0.606. The Balaban J connectivity index is 2.23. The Labute approximate surface area is 164 Å². The van der Waals surface area contributed by atoms with Gasteiger partial charge in [0.2, 0.25) is 11.8 Å². The molecule has 2 aromatic carbocycles. The van der Waals surface area contributed by atoms with E-state index in [1.54, 1.807) is 37.3 Å². The fourth-order valence-corrected chi connectivity index (χ4v) is 2.74. The van der Waals surface area contributed by atoms with Crippen LogP contribution in [-0.4, -0.2) is 28.8 Å². The van der Waals surface area contributed by atoms with Gasteiger partial charge in [-0.1, -0.05) is 37.3 Å². The van der Waals surface area contributed by atoms with Crippen molar-refractivity contribution >= 4 is 11.8 Å². The summed E-state index contributed by atoms with van der Waals surface area (Å²) in [5, 5.41) is 2.87. The van der Waals surface area contributed by atoms with Gasteiger partial charge in [0.25, 0.3) is 0 Å². The SMILES string of the molecule is CC[C@@H](C)NC(=O)[C@@H](C)N(Cc1ccc(F)cc1)C(=O)Cc1ccccc1F. The van der Waals surface area contributed by atoms with E-state index in [0.29, 0.717) is 5.56 Å². The molecule has 2 aromatic rings. The van der Waals surface area contributed by atoms with E-state index in [1.807, 2.05) is 13.8 Å². The molecular weight excluding hydrogens is 362 g/mol. The van der Waals surface area contributed by atoms with Crippen LogP contribution in [0.3, 0.4) is 0 Å². The van der Waals surface area contributed by atoms with Crippen molar-refractivity contribution in [3.63, 3.8) is 0 Å². The molecule has 4 nitrogen and oxygen atoms in total. The molecule has 28 heavy (non-hydrogen) atoms. The minimum Gasteiger partial charge on any atom is -0.352 e. The molecule has 0 saturated carbocycles. The van der Waals surface area contributed by atoms with Crippen molar-refractivity contribution in [1.82, 2.24) is 10.2 Å². The highest BCUT2D eigenvalue weighted by Crippen LogP contribution is 2.15. The summed E-state index contributed by atoms with van der Waals surface area (Å²) in [4.78, 5) is 26.9. The number of benzene rings is 2. The number of rotatable bonds is 8. The number of halogens is 2. The molecule has 1 N–H and O–H groups in total. The lowest BCUT2D eigenvalue weighted by atomic mass is 10.1. The maximum absolute atomic E-state index is 14.0. The highest BCUT2D eigenvalue weighted by atomic mass is 19.1. The van der Waals surface area contributed by atoms with E-state index in [4.69, 9.17) is 0 Å². The molecule has 0 aromatic heterocycles. The van der Waals surface area contributed by atoms with Gasteiger partial charge in [-0.15, -0.1) is 0 Å². The first kappa shape index (κ1) is 21.5. The van der Waals surface area contributed by atoms with Crippen LogP contribution in [0.1, 0.15) is 38.3 Å². The second kappa shape index (κ2) is 9.97. The predicted octanol–water partition coefficient (Wildman–Crippen LogP) is 3.84. The van der Waals surface area contributed by atoms with E-state index in [1.165, 1.54) is 23.1 Å². The van der Waals surface area contributed by atoms with Crippen molar-refractivity contribution in [2.45, 2.75) is 52.2 Å². The van der Waals surface area contributed by atoms with E-state index in [2.05, 4.69) is 5.32 Å². The molecule has 0 aliphatic heterocycles. The number of carbonyl (C=O) groups excluding carboxylic acids is 2. The van der Waals surface area contributed by atoms with Crippen LogP contribution in [0.5, 0.6) is 0 Å². The van der Waals surface area contributed by atoms with Gasteiger partial charge in [0.05, 0.1) is 6.42 Å². The van der Waals surface area contributed by atoms with Gasteiger partial charge in [0.1, 0.15) is 17.7 Å². The van der Waals surface area contributed by atoms with Gasteiger partial charge in [0, 0.05) is 12.6 Å². The summed E-state index contributed by atoms with van der Waals surface area (Å²) in [5.74, 6) is -1.50. The predicted molar refractivity (Wildman–Crippen MR) is 104 cm³/mol. The maximum Gasteiger partial charge on any atom is 0.242 e. The molecule has 150 valence electrons. The molecule has 0 saturated heterocycles. The quantitative estimate of drug-likeness (QED) is 0.747. The van der Waals surface area contributed by atoms with Crippen LogP contribution in [0.2, 0.25) is 0 Å². The highest BCUT2D eigenvalue weighted by Gasteiger charge is 2.27. The van der Waals surface area contributed by atoms with Gasteiger partial charge >= 0.3 is 0 Å². The molecular formula is C22H26F2N2O2. The number of nitrogens with zero attached hydrogens (tertiary/aromatic N) is 1. The lowest BCUT2D eigenvalue weighted by molar-refractivity contribution is -0.140. The van der Waals surface area contributed by atoms with Crippen LogP contribution in [-0.2, 0) is 22.6 Å². The molecule has 0 spiro atoms. The van der Waals surface area contributed by atoms with E-state index in [0.717, 1.165) is 6.42 Å². The summed E-state index contributed by atoms with van der Waals surface area (Å²) in [6, 6.07) is 11.0. The molecule has 2 amide bonds. The third-order valence-corrected chi connectivity index (χ3v) is 4.73. The number of amides is 2. The van der Waals surface area contributed by atoms with Crippen LogP contribution in [0, 0.1) is 11.6 Å². The largest absolute Gasteiger partial charge is 0.352 e. The summed E-state index contributed by atoms with van der Waals surface area (Å²) in [5.41, 5.74) is 0.956. The van der Waals surface area contributed by atoms with E-state index >= 15 is 0 Å². The first-order chi connectivity index (χ1) is 13.3. The van der Waals surface area contributed by atoms with Crippen molar-refractivity contribution in [3.05, 3.63) is 71.3 Å². The maximum atomic E-state index is 14.0. The minimum atomic E-state index is -0.752. The van der Waals surface area contributed by atoms with Gasteiger partial charge in [-0.25, -0.2) is 8.78 Å². The van der Waals surface area contributed by atoms with Gasteiger partial charge in [-0.05, 0) is 49.6 Å². The number of carbonyl (C=O) groups is 2. The minimum absolute atomic E-state index is 0.0238. The summed E-state index contributed by atoms with van der Waals surface area (Å²) in [6.45, 7) is 5.61. The van der Waals surface area contributed by atoms with E-state index < -0.39 is 11.9 Å². The Bertz CT molecular complexity index is 808. The Hall–Kier alpha value is -2.76. The van der Waals surface area contributed by atoms with Gasteiger partial charge in [-0.3, -0.25) is 9.59 Å². The second-order valence-corrected chi connectivity index (χ2v) is 6.91. The van der Waals surface area contributed by atoms with Crippen molar-refractivity contribution in [1.29, 1.82) is 0 Å². The van der Waals surface area contributed by atoms with Crippen molar-refractivity contribution in [3.8, 4) is 0 Å². The van der Waals surface area contributed by atoms with Crippen LogP contribution in [0.4, 0.5) is 8.78 Å². The molecule has 2 atom stereocenters. The molecule has 0 aliphatic rings. The van der Waals surface area contributed by atoms with Gasteiger partial charge < -0.3 is 10.2 Å². The fraction of sp³-hybridized carbons (Fsp3) is 0.364. The van der Waals surface area contributed by atoms with Crippen LogP contribution >= 0.6 is 0 Å². The molecule has 6 heteroatoms. The summed E-state index contributed by atoms with van der Waals surface area (Å²) < 4.78 is 27.2. The molecule has 0 unspecified atom stereocenters. The molecule has 0 heterocycles. The average Bonchev–Trinajstić information content (AvgIpc) is 2.68. The van der Waals surface area contributed by atoms with Crippen molar-refractivity contribution < 1.29 is 18.4 Å². The first-order valence-corrected chi connectivity index (χ1v) is 9.39. The Kier molecular flexibility index (Phi) is 7.67. The average molecular weight is 388 g/mol. The zero-order valence-corrected chi connectivity index (χ0v) is 16.4. The zero-order valence-electron chi connectivity index (χ0n) is 16.4. The lowest BCUT2D eigenvalue weighted by Crippen LogP contribution is -2.50. The third-order valence-electron chi connectivity index (χ3n) is 4.73. The first-order valence-electron chi connectivity index (χ1n) is 9.39. The monoisotopic (exact) mass is 388 g/mol. The second-order valence-electron chi connectivity index (χ2n) is 6.91. The Morgan fingerprint density at radius 2 is 1.68 bits per heavy atom. The van der Waals surface area contributed by atoms with Crippen LogP contribution in [0.15, 0.2) is 48.5 Å².